The van der Waals surface area contributed by atoms with E-state index in [4.69, 9.17) is 0 Å². The molecule has 0 unspecified atom stereocenters. The van der Waals surface area contributed by atoms with E-state index in [9.17, 15) is 13.2 Å². The number of benzene rings is 1. The third-order valence-corrected chi connectivity index (χ3v) is 9.11. The van der Waals surface area contributed by atoms with Crippen LogP contribution in [0.25, 0.3) is 11.0 Å². The van der Waals surface area contributed by atoms with Crippen LogP contribution in [0.4, 0.5) is 11.6 Å². The van der Waals surface area contributed by atoms with Gasteiger partial charge in [0, 0.05) is 29.4 Å². The molecule has 0 radical (unpaired) electrons. The summed E-state index contributed by atoms with van der Waals surface area (Å²) in [4.78, 5) is 22.1. The summed E-state index contributed by atoms with van der Waals surface area (Å²) in [6.45, 7) is 3.33. The standard InChI is InChI=1S/C24H29N5O3S/c1-16-14-20(33(31,32)19-10-12-25-13-11-19)7-8-21(16)27-24-26-15-17-6-9-22(30)29(23(17)28-24)18-4-2-3-5-18/h6-9,14-15,18-19,25H,2-5,10-13H2,1H3,(H,26,27,28). The van der Waals surface area contributed by atoms with Crippen LogP contribution in [0.3, 0.4) is 0 Å². The fraction of sp³-hybridized carbons (Fsp3) is 0.458. The lowest BCUT2D eigenvalue weighted by atomic mass is 10.2. The van der Waals surface area contributed by atoms with Crippen LogP contribution in [0.5, 0.6) is 0 Å². The molecular weight excluding hydrogens is 438 g/mol. The van der Waals surface area contributed by atoms with Gasteiger partial charge in [0.25, 0.3) is 5.56 Å². The first kappa shape index (κ1) is 22.0. The Kier molecular flexibility index (Phi) is 5.92. The number of piperidine rings is 1. The number of aromatic nitrogens is 3. The van der Waals surface area contributed by atoms with E-state index in [-0.39, 0.29) is 16.9 Å². The molecule has 174 valence electrons. The largest absolute Gasteiger partial charge is 0.324 e. The third-order valence-electron chi connectivity index (χ3n) is 6.85. The normalized spacial score (nSPS) is 18.1. The number of rotatable bonds is 5. The number of pyridine rings is 1. The average Bonchev–Trinajstić information content (AvgIpc) is 3.35. The second kappa shape index (κ2) is 8.87. The molecule has 3 heterocycles. The van der Waals surface area contributed by atoms with E-state index in [2.05, 4.69) is 20.6 Å². The summed E-state index contributed by atoms with van der Waals surface area (Å²) in [5.74, 6) is 0.386. The quantitative estimate of drug-likeness (QED) is 0.592. The fourth-order valence-corrected chi connectivity index (χ4v) is 6.83. The lowest BCUT2D eigenvalue weighted by Crippen LogP contribution is -2.35. The first-order chi connectivity index (χ1) is 15.9. The Morgan fingerprint density at radius 1 is 1.06 bits per heavy atom. The molecule has 0 spiro atoms. The lowest BCUT2D eigenvalue weighted by Gasteiger charge is -2.23. The molecule has 0 bridgehead atoms. The van der Waals surface area contributed by atoms with Gasteiger partial charge >= 0.3 is 0 Å². The smallest absolute Gasteiger partial charge is 0.252 e. The summed E-state index contributed by atoms with van der Waals surface area (Å²) in [6.07, 6.45) is 7.20. The van der Waals surface area contributed by atoms with Crippen molar-refractivity contribution in [1.82, 2.24) is 19.9 Å². The highest BCUT2D eigenvalue weighted by Crippen LogP contribution is 2.31. The molecule has 1 aliphatic heterocycles. The first-order valence-electron chi connectivity index (χ1n) is 11.6. The minimum atomic E-state index is -3.36. The van der Waals surface area contributed by atoms with Gasteiger partial charge < -0.3 is 10.6 Å². The van der Waals surface area contributed by atoms with Crippen LogP contribution in [-0.4, -0.2) is 41.3 Å². The average molecular weight is 468 g/mol. The van der Waals surface area contributed by atoms with E-state index < -0.39 is 9.84 Å². The zero-order valence-corrected chi connectivity index (χ0v) is 19.6. The summed E-state index contributed by atoms with van der Waals surface area (Å²) < 4.78 is 27.9. The highest BCUT2D eigenvalue weighted by Gasteiger charge is 2.29. The first-order valence-corrected chi connectivity index (χ1v) is 13.2. The van der Waals surface area contributed by atoms with Crippen LogP contribution in [0.15, 0.2) is 46.2 Å². The molecular formula is C24H29N5O3S. The number of hydrogen-bond donors (Lipinski definition) is 2. The summed E-state index contributed by atoms with van der Waals surface area (Å²) >= 11 is 0. The van der Waals surface area contributed by atoms with Gasteiger partial charge in [0.1, 0.15) is 5.65 Å². The second-order valence-electron chi connectivity index (χ2n) is 9.05. The predicted octanol–water partition coefficient (Wildman–Crippen LogP) is 3.48. The topological polar surface area (TPSA) is 106 Å². The molecule has 1 aromatic carbocycles. The van der Waals surface area contributed by atoms with E-state index in [1.54, 1.807) is 41.1 Å². The van der Waals surface area contributed by atoms with Gasteiger partial charge in [0.15, 0.2) is 9.84 Å². The molecule has 1 saturated heterocycles. The van der Waals surface area contributed by atoms with E-state index in [0.29, 0.717) is 29.3 Å². The maximum atomic E-state index is 13.0. The highest BCUT2D eigenvalue weighted by molar-refractivity contribution is 7.92. The Bertz CT molecular complexity index is 1340. The maximum Gasteiger partial charge on any atom is 0.252 e. The molecule has 2 aliphatic rings. The van der Waals surface area contributed by atoms with Gasteiger partial charge in [-0.2, -0.15) is 4.98 Å². The highest BCUT2D eigenvalue weighted by atomic mass is 32.2. The number of nitrogens with zero attached hydrogens (tertiary/aromatic N) is 3. The zero-order valence-electron chi connectivity index (χ0n) is 18.8. The Labute approximate surface area is 193 Å². The van der Waals surface area contributed by atoms with Crippen molar-refractivity contribution in [3.63, 3.8) is 0 Å². The summed E-state index contributed by atoms with van der Waals surface area (Å²) in [5.41, 5.74) is 2.14. The molecule has 3 aromatic rings. The summed E-state index contributed by atoms with van der Waals surface area (Å²) in [5, 5.41) is 6.92. The van der Waals surface area contributed by atoms with Gasteiger partial charge in [-0.25, -0.2) is 13.4 Å². The van der Waals surface area contributed by atoms with Crippen LogP contribution >= 0.6 is 0 Å². The third kappa shape index (κ3) is 4.27. The van der Waals surface area contributed by atoms with Gasteiger partial charge in [-0.15, -0.1) is 0 Å². The van der Waals surface area contributed by atoms with Crippen LogP contribution < -0.4 is 16.2 Å². The van der Waals surface area contributed by atoms with Crippen molar-refractivity contribution in [2.24, 2.45) is 0 Å². The van der Waals surface area contributed by atoms with E-state index in [1.807, 2.05) is 6.92 Å². The molecule has 5 rings (SSSR count). The van der Waals surface area contributed by atoms with Crippen molar-refractivity contribution in [3.8, 4) is 0 Å². The molecule has 2 aromatic heterocycles. The van der Waals surface area contributed by atoms with Gasteiger partial charge in [-0.3, -0.25) is 9.36 Å². The fourth-order valence-electron chi connectivity index (χ4n) is 4.99. The molecule has 9 heteroatoms. The van der Waals surface area contributed by atoms with Crippen molar-refractivity contribution < 1.29 is 8.42 Å². The van der Waals surface area contributed by atoms with E-state index in [1.165, 1.54) is 0 Å². The Balaban J connectivity index is 1.45. The molecule has 1 saturated carbocycles. The van der Waals surface area contributed by atoms with Gasteiger partial charge in [-0.05, 0) is 75.5 Å². The van der Waals surface area contributed by atoms with Crippen LogP contribution in [-0.2, 0) is 9.84 Å². The van der Waals surface area contributed by atoms with Gasteiger partial charge in [0.05, 0.1) is 10.1 Å². The monoisotopic (exact) mass is 467 g/mol. The van der Waals surface area contributed by atoms with Crippen molar-refractivity contribution in [2.45, 2.75) is 61.6 Å². The molecule has 33 heavy (non-hydrogen) atoms. The summed E-state index contributed by atoms with van der Waals surface area (Å²) in [6, 6.07) is 8.66. The molecule has 1 aliphatic carbocycles. The molecule has 0 atom stereocenters. The van der Waals surface area contributed by atoms with Gasteiger partial charge in [0.2, 0.25) is 5.95 Å². The van der Waals surface area contributed by atoms with E-state index in [0.717, 1.165) is 55.4 Å². The Morgan fingerprint density at radius 2 is 1.82 bits per heavy atom. The summed E-state index contributed by atoms with van der Waals surface area (Å²) in [7, 11) is -3.36. The lowest BCUT2D eigenvalue weighted by molar-refractivity contribution is 0.496. The number of anilines is 2. The number of nitrogens with one attached hydrogen (secondary N) is 2. The number of aryl methyl sites for hydroxylation is 1. The Hall–Kier alpha value is -2.78. The molecule has 8 nitrogen and oxygen atoms in total. The van der Waals surface area contributed by atoms with Crippen molar-refractivity contribution in [2.75, 3.05) is 18.4 Å². The second-order valence-corrected chi connectivity index (χ2v) is 11.3. The molecule has 2 N–H and O–H groups in total. The van der Waals surface area contributed by atoms with Crippen LogP contribution in [0, 0.1) is 6.92 Å². The molecule has 0 amide bonds. The van der Waals surface area contributed by atoms with Crippen molar-refractivity contribution >= 4 is 32.5 Å². The van der Waals surface area contributed by atoms with Gasteiger partial charge in [-0.1, -0.05) is 12.8 Å². The minimum Gasteiger partial charge on any atom is -0.324 e. The number of fused-ring (bicyclic) bond motifs is 1. The van der Waals surface area contributed by atoms with Crippen LogP contribution in [0.1, 0.15) is 50.1 Å². The number of sulfone groups is 1. The maximum absolute atomic E-state index is 13.0. The van der Waals surface area contributed by atoms with Crippen LogP contribution in [0.2, 0.25) is 0 Å². The molecule has 2 fully saturated rings. The minimum absolute atomic E-state index is 0.0392. The SMILES string of the molecule is Cc1cc(S(=O)(=O)C2CCNCC2)ccc1Nc1ncc2ccc(=O)n(C3CCCC3)c2n1. The predicted molar refractivity (Wildman–Crippen MR) is 129 cm³/mol. The zero-order chi connectivity index (χ0) is 23.0. The van der Waals surface area contributed by atoms with Crippen molar-refractivity contribution in [3.05, 3.63) is 52.4 Å². The van der Waals surface area contributed by atoms with E-state index >= 15 is 0 Å². The number of hydrogen-bond acceptors (Lipinski definition) is 7. The van der Waals surface area contributed by atoms with Crippen molar-refractivity contribution in [1.29, 1.82) is 0 Å². The Morgan fingerprint density at radius 3 is 2.55 bits per heavy atom.